The number of hydrogen-bond donors (Lipinski definition) is 1. The normalized spacial score (nSPS) is 23.4. The molecule has 1 aliphatic carbocycles. The average Bonchev–Trinajstić information content (AvgIpc) is 2.46. The lowest BCUT2D eigenvalue weighted by atomic mass is 9.84. The molecule has 0 aliphatic heterocycles. The van der Waals surface area contributed by atoms with E-state index in [4.69, 9.17) is 0 Å². The summed E-state index contributed by atoms with van der Waals surface area (Å²) in [6.45, 7) is 4.38. The van der Waals surface area contributed by atoms with E-state index in [2.05, 4.69) is 23.9 Å². The second-order valence-electron chi connectivity index (χ2n) is 5.83. The third kappa shape index (κ3) is 3.47. The molecule has 0 amide bonds. The molecule has 1 aromatic rings. The van der Waals surface area contributed by atoms with Crippen molar-refractivity contribution in [2.24, 2.45) is 5.92 Å². The van der Waals surface area contributed by atoms with Crippen molar-refractivity contribution in [3.8, 4) is 0 Å². The van der Waals surface area contributed by atoms with Crippen molar-refractivity contribution in [2.75, 3.05) is 11.9 Å². The molecule has 0 radical (unpaired) electrons. The van der Waals surface area contributed by atoms with Gasteiger partial charge < -0.3 is 10.0 Å². The van der Waals surface area contributed by atoms with E-state index >= 15 is 0 Å². The van der Waals surface area contributed by atoms with Crippen LogP contribution < -0.4 is 4.90 Å². The molecule has 1 saturated carbocycles. The molecule has 3 nitrogen and oxygen atoms in total. The van der Waals surface area contributed by atoms with Gasteiger partial charge in [-0.05, 0) is 56.2 Å². The van der Waals surface area contributed by atoms with E-state index < -0.39 is 0 Å². The Balaban J connectivity index is 2.07. The van der Waals surface area contributed by atoms with Gasteiger partial charge in [-0.3, -0.25) is 0 Å². The number of pyridine rings is 1. The van der Waals surface area contributed by atoms with E-state index in [-0.39, 0.29) is 6.61 Å². The predicted octanol–water partition coefficient (Wildman–Crippen LogP) is 3.29. The highest BCUT2D eigenvalue weighted by molar-refractivity contribution is 5.42. The first kappa shape index (κ1) is 14.3. The van der Waals surface area contributed by atoms with Crippen LogP contribution in [0.5, 0.6) is 0 Å². The highest BCUT2D eigenvalue weighted by atomic mass is 16.3. The number of aliphatic hydroxyl groups excluding tert-OH is 1. The van der Waals surface area contributed by atoms with Crippen LogP contribution in [0, 0.1) is 12.8 Å². The zero-order valence-electron chi connectivity index (χ0n) is 12.4. The average molecular weight is 262 g/mol. The van der Waals surface area contributed by atoms with Gasteiger partial charge in [0.1, 0.15) is 5.82 Å². The van der Waals surface area contributed by atoms with Crippen LogP contribution in [0.2, 0.25) is 0 Å². The number of aliphatic hydroxyl groups is 1. The summed E-state index contributed by atoms with van der Waals surface area (Å²) in [5.41, 5.74) is 1.94. The molecular weight excluding hydrogens is 236 g/mol. The minimum absolute atomic E-state index is 0.0901. The summed E-state index contributed by atoms with van der Waals surface area (Å²) in [6.07, 6.45) is 6.51. The number of anilines is 1. The molecule has 1 heterocycles. The SMILES string of the molecule is CCC1CCC(N(C)c2cc(CO)cc(C)n2)CC1. The van der Waals surface area contributed by atoms with Crippen molar-refractivity contribution in [1.29, 1.82) is 0 Å². The van der Waals surface area contributed by atoms with Crippen molar-refractivity contribution in [3.63, 3.8) is 0 Å². The molecular formula is C16H26N2O. The smallest absolute Gasteiger partial charge is 0.129 e. The highest BCUT2D eigenvalue weighted by Gasteiger charge is 2.24. The Morgan fingerprint density at radius 2 is 1.95 bits per heavy atom. The molecule has 1 aliphatic rings. The fourth-order valence-electron chi connectivity index (χ4n) is 3.12. The van der Waals surface area contributed by atoms with Gasteiger partial charge in [-0.2, -0.15) is 0 Å². The number of hydrogen-bond acceptors (Lipinski definition) is 3. The largest absolute Gasteiger partial charge is 0.392 e. The summed E-state index contributed by atoms with van der Waals surface area (Å²) in [5, 5.41) is 9.30. The second kappa shape index (κ2) is 6.38. The van der Waals surface area contributed by atoms with Gasteiger partial charge in [0.2, 0.25) is 0 Å². The van der Waals surface area contributed by atoms with Gasteiger partial charge in [-0.1, -0.05) is 13.3 Å². The van der Waals surface area contributed by atoms with Crippen molar-refractivity contribution in [1.82, 2.24) is 4.98 Å². The Morgan fingerprint density at radius 3 is 2.53 bits per heavy atom. The van der Waals surface area contributed by atoms with Crippen LogP contribution in [0.3, 0.4) is 0 Å². The van der Waals surface area contributed by atoms with E-state index in [1.165, 1.54) is 32.1 Å². The lowest BCUT2D eigenvalue weighted by Gasteiger charge is -2.35. The van der Waals surface area contributed by atoms with Gasteiger partial charge in [0.05, 0.1) is 6.61 Å². The topological polar surface area (TPSA) is 36.4 Å². The third-order valence-corrected chi connectivity index (χ3v) is 4.48. The zero-order chi connectivity index (χ0) is 13.8. The zero-order valence-corrected chi connectivity index (χ0v) is 12.4. The van der Waals surface area contributed by atoms with Crippen LogP contribution in [0.15, 0.2) is 12.1 Å². The van der Waals surface area contributed by atoms with E-state index in [0.29, 0.717) is 6.04 Å². The highest BCUT2D eigenvalue weighted by Crippen LogP contribution is 2.30. The van der Waals surface area contributed by atoms with Crippen molar-refractivity contribution in [2.45, 2.75) is 58.6 Å². The van der Waals surface area contributed by atoms with E-state index in [9.17, 15) is 5.11 Å². The quantitative estimate of drug-likeness (QED) is 0.904. The van der Waals surface area contributed by atoms with Gasteiger partial charge >= 0.3 is 0 Å². The monoisotopic (exact) mass is 262 g/mol. The fraction of sp³-hybridized carbons (Fsp3) is 0.688. The predicted molar refractivity (Wildman–Crippen MR) is 79.3 cm³/mol. The van der Waals surface area contributed by atoms with E-state index in [1.54, 1.807) is 0 Å². The minimum atomic E-state index is 0.0901. The molecule has 1 aromatic heterocycles. The van der Waals surface area contributed by atoms with Crippen LogP contribution in [-0.4, -0.2) is 23.2 Å². The maximum Gasteiger partial charge on any atom is 0.129 e. The minimum Gasteiger partial charge on any atom is -0.392 e. The number of aryl methyl sites for hydroxylation is 1. The number of nitrogens with zero attached hydrogens (tertiary/aromatic N) is 2. The second-order valence-corrected chi connectivity index (χ2v) is 5.83. The molecule has 0 bridgehead atoms. The van der Waals surface area contributed by atoms with E-state index in [1.807, 2.05) is 19.1 Å². The van der Waals surface area contributed by atoms with Crippen LogP contribution in [0.1, 0.15) is 50.3 Å². The Kier molecular flexibility index (Phi) is 4.81. The Morgan fingerprint density at radius 1 is 1.26 bits per heavy atom. The molecule has 0 atom stereocenters. The van der Waals surface area contributed by atoms with Gasteiger partial charge in [-0.25, -0.2) is 4.98 Å². The van der Waals surface area contributed by atoms with Crippen LogP contribution in [0.25, 0.3) is 0 Å². The summed E-state index contributed by atoms with van der Waals surface area (Å²) in [4.78, 5) is 6.91. The van der Waals surface area contributed by atoms with Gasteiger partial charge in [0.15, 0.2) is 0 Å². The van der Waals surface area contributed by atoms with Crippen molar-refractivity contribution < 1.29 is 5.11 Å². The summed E-state index contributed by atoms with van der Waals surface area (Å²) >= 11 is 0. The lowest BCUT2D eigenvalue weighted by molar-refractivity contribution is 0.281. The van der Waals surface area contributed by atoms with E-state index in [0.717, 1.165) is 23.0 Å². The van der Waals surface area contributed by atoms with Crippen LogP contribution >= 0.6 is 0 Å². The number of rotatable bonds is 4. The summed E-state index contributed by atoms with van der Waals surface area (Å²) in [5.74, 6) is 1.92. The fourth-order valence-corrected chi connectivity index (χ4v) is 3.12. The first-order chi connectivity index (χ1) is 9.13. The summed E-state index contributed by atoms with van der Waals surface area (Å²) in [7, 11) is 2.14. The Hall–Kier alpha value is -1.09. The molecule has 0 unspecified atom stereocenters. The van der Waals surface area contributed by atoms with Crippen LogP contribution in [-0.2, 0) is 6.61 Å². The maximum atomic E-state index is 9.30. The molecule has 19 heavy (non-hydrogen) atoms. The Labute approximate surface area is 116 Å². The molecule has 1 fully saturated rings. The summed E-state index contributed by atoms with van der Waals surface area (Å²) in [6, 6.07) is 4.56. The van der Waals surface area contributed by atoms with Crippen molar-refractivity contribution in [3.05, 3.63) is 23.4 Å². The molecule has 0 aromatic carbocycles. The molecule has 2 rings (SSSR count). The third-order valence-electron chi connectivity index (χ3n) is 4.48. The maximum absolute atomic E-state index is 9.30. The Bertz CT molecular complexity index is 411. The van der Waals surface area contributed by atoms with Crippen molar-refractivity contribution >= 4 is 5.82 Å². The van der Waals surface area contributed by atoms with Gasteiger partial charge in [0, 0.05) is 18.8 Å². The first-order valence-electron chi connectivity index (χ1n) is 7.45. The van der Waals surface area contributed by atoms with Gasteiger partial charge in [-0.15, -0.1) is 0 Å². The molecule has 106 valence electrons. The molecule has 0 spiro atoms. The lowest BCUT2D eigenvalue weighted by Crippen LogP contribution is -2.35. The standard InChI is InChI=1S/C16H26N2O/c1-4-13-5-7-15(8-6-13)18(3)16-10-14(11-19)9-12(2)17-16/h9-10,13,15,19H,4-8,11H2,1-3H3. The van der Waals surface area contributed by atoms with Gasteiger partial charge in [0.25, 0.3) is 0 Å². The first-order valence-corrected chi connectivity index (χ1v) is 7.45. The molecule has 0 saturated heterocycles. The number of aromatic nitrogens is 1. The molecule has 3 heteroatoms. The van der Waals surface area contributed by atoms with Crippen LogP contribution in [0.4, 0.5) is 5.82 Å². The molecule has 1 N–H and O–H groups in total. The summed E-state index contributed by atoms with van der Waals surface area (Å²) < 4.78 is 0.